The molecule has 1 fully saturated rings. The molecule has 0 unspecified atom stereocenters. The van der Waals surface area contributed by atoms with E-state index in [9.17, 15) is 0 Å². The highest BCUT2D eigenvalue weighted by Crippen LogP contribution is 2.10. The first kappa shape index (κ1) is 13.1. The minimum Gasteiger partial charge on any atom is -0.376 e. The van der Waals surface area contributed by atoms with Gasteiger partial charge in [-0.1, -0.05) is 12.1 Å². The summed E-state index contributed by atoms with van der Waals surface area (Å²) in [6.07, 6.45) is 2.55. The van der Waals surface area contributed by atoms with Crippen LogP contribution in [0.3, 0.4) is 0 Å². The Labute approximate surface area is 113 Å². The third-order valence-corrected chi connectivity index (χ3v) is 3.10. The van der Waals surface area contributed by atoms with Gasteiger partial charge < -0.3 is 10.1 Å². The van der Waals surface area contributed by atoms with Crippen LogP contribution in [0.1, 0.15) is 18.4 Å². The van der Waals surface area contributed by atoms with Crippen LogP contribution >= 0.6 is 12.2 Å². The van der Waals surface area contributed by atoms with Crippen LogP contribution in [0.2, 0.25) is 0 Å². The molecule has 1 atom stereocenters. The molecule has 0 amide bonds. The lowest BCUT2D eigenvalue weighted by atomic mass is 10.2. The highest BCUT2D eigenvalue weighted by molar-refractivity contribution is 7.80. The standard InChI is InChI=1S/C13H19N3OS/c1-10-4-2-5-11(8-10)15-16-13(18)14-9-12-6-3-7-17-12/h2,4-5,8,12,15H,3,6-7,9H2,1H3,(H2,14,16,18)/t12-/m0/s1. The predicted molar refractivity (Wildman–Crippen MR) is 77.5 cm³/mol. The summed E-state index contributed by atoms with van der Waals surface area (Å²) >= 11 is 5.18. The van der Waals surface area contributed by atoms with Crippen LogP contribution < -0.4 is 16.2 Å². The second kappa shape index (κ2) is 6.56. The van der Waals surface area contributed by atoms with Gasteiger partial charge in [0.15, 0.2) is 5.11 Å². The summed E-state index contributed by atoms with van der Waals surface area (Å²) in [6, 6.07) is 8.10. The monoisotopic (exact) mass is 265 g/mol. The molecule has 1 aliphatic rings. The van der Waals surface area contributed by atoms with E-state index in [1.165, 1.54) is 5.56 Å². The van der Waals surface area contributed by atoms with Gasteiger partial charge in [-0.2, -0.15) is 0 Å². The Hall–Kier alpha value is -1.33. The fraction of sp³-hybridized carbons (Fsp3) is 0.462. The van der Waals surface area contributed by atoms with Gasteiger partial charge in [0.25, 0.3) is 0 Å². The van der Waals surface area contributed by atoms with E-state index in [1.54, 1.807) is 0 Å². The molecule has 0 aliphatic carbocycles. The van der Waals surface area contributed by atoms with Crippen LogP contribution in [0, 0.1) is 6.92 Å². The van der Waals surface area contributed by atoms with Crippen LogP contribution in [0.15, 0.2) is 24.3 Å². The van der Waals surface area contributed by atoms with Crippen molar-refractivity contribution < 1.29 is 4.74 Å². The number of aryl methyl sites for hydroxylation is 1. The van der Waals surface area contributed by atoms with Gasteiger partial charge in [-0.15, -0.1) is 0 Å². The van der Waals surface area contributed by atoms with Crippen molar-refractivity contribution >= 4 is 23.0 Å². The molecule has 1 aromatic carbocycles. The Kier molecular flexibility index (Phi) is 4.78. The second-order valence-corrected chi connectivity index (χ2v) is 4.87. The lowest BCUT2D eigenvalue weighted by Crippen LogP contribution is -2.41. The van der Waals surface area contributed by atoms with E-state index in [2.05, 4.69) is 35.2 Å². The van der Waals surface area contributed by atoms with Crippen molar-refractivity contribution in [3.63, 3.8) is 0 Å². The van der Waals surface area contributed by atoms with Gasteiger partial charge in [0.05, 0.1) is 11.8 Å². The summed E-state index contributed by atoms with van der Waals surface area (Å²) in [7, 11) is 0. The minimum absolute atomic E-state index is 0.295. The van der Waals surface area contributed by atoms with Crippen molar-refractivity contribution in [1.29, 1.82) is 0 Å². The molecule has 3 N–H and O–H groups in total. The average Bonchev–Trinajstić information content (AvgIpc) is 2.87. The summed E-state index contributed by atoms with van der Waals surface area (Å²) in [6.45, 7) is 3.69. The SMILES string of the molecule is Cc1cccc(NNC(=S)NC[C@@H]2CCCO2)c1. The van der Waals surface area contributed by atoms with Crippen molar-refractivity contribution in [3.8, 4) is 0 Å². The number of thiocarbonyl (C=S) groups is 1. The lowest BCUT2D eigenvalue weighted by molar-refractivity contribution is 0.114. The van der Waals surface area contributed by atoms with Crippen LogP contribution in [0.4, 0.5) is 5.69 Å². The van der Waals surface area contributed by atoms with E-state index in [0.717, 1.165) is 31.7 Å². The van der Waals surface area contributed by atoms with E-state index in [-0.39, 0.29) is 0 Å². The molecule has 1 saturated heterocycles. The van der Waals surface area contributed by atoms with Crippen LogP contribution in [-0.4, -0.2) is 24.4 Å². The van der Waals surface area contributed by atoms with Crippen molar-refractivity contribution in [3.05, 3.63) is 29.8 Å². The van der Waals surface area contributed by atoms with E-state index < -0.39 is 0 Å². The van der Waals surface area contributed by atoms with Crippen molar-refractivity contribution in [2.45, 2.75) is 25.9 Å². The molecule has 4 nitrogen and oxygen atoms in total. The summed E-state index contributed by atoms with van der Waals surface area (Å²) in [5.74, 6) is 0. The zero-order valence-corrected chi connectivity index (χ0v) is 11.3. The maximum Gasteiger partial charge on any atom is 0.185 e. The number of nitrogens with one attached hydrogen (secondary N) is 3. The first-order chi connectivity index (χ1) is 8.74. The molecular weight excluding hydrogens is 246 g/mol. The molecule has 0 spiro atoms. The maximum atomic E-state index is 5.51. The van der Waals surface area contributed by atoms with Crippen LogP contribution in [0.25, 0.3) is 0 Å². The predicted octanol–water partition coefficient (Wildman–Crippen LogP) is 1.97. The Morgan fingerprint density at radius 1 is 1.50 bits per heavy atom. The molecule has 0 saturated carbocycles. The molecule has 0 aromatic heterocycles. The van der Waals surface area contributed by atoms with Crippen molar-refractivity contribution in [2.75, 3.05) is 18.6 Å². The summed E-state index contributed by atoms with van der Waals surface area (Å²) in [5.41, 5.74) is 8.24. The van der Waals surface area contributed by atoms with Crippen molar-refractivity contribution in [2.24, 2.45) is 0 Å². The highest BCUT2D eigenvalue weighted by Gasteiger charge is 2.14. The zero-order chi connectivity index (χ0) is 12.8. The minimum atomic E-state index is 0.295. The van der Waals surface area contributed by atoms with Crippen LogP contribution in [0.5, 0.6) is 0 Å². The molecule has 0 radical (unpaired) electrons. The molecule has 1 heterocycles. The van der Waals surface area contributed by atoms with E-state index in [1.807, 2.05) is 12.1 Å². The van der Waals surface area contributed by atoms with Crippen LogP contribution in [-0.2, 0) is 4.74 Å². The number of hydrogen-bond donors (Lipinski definition) is 3. The van der Waals surface area contributed by atoms with E-state index >= 15 is 0 Å². The normalized spacial score (nSPS) is 18.4. The molecule has 1 aromatic rings. The largest absolute Gasteiger partial charge is 0.376 e. The molecule has 5 heteroatoms. The average molecular weight is 265 g/mol. The number of rotatable bonds is 4. The number of anilines is 1. The van der Waals surface area contributed by atoms with Gasteiger partial charge in [-0.25, -0.2) is 0 Å². The Morgan fingerprint density at radius 3 is 3.11 bits per heavy atom. The summed E-state index contributed by atoms with van der Waals surface area (Å²) in [5, 5.41) is 3.73. The fourth-order valence-corrected chi connectivity index (χ4v) is 2.04. The number of benzene rings is 1. The Bertz CT molecular complexity index is 405. The van der Waals surface area contributed by atoms with E-state index in [0.29, 0.717) is 11.2 Å². The molecule has 98 valence electrons. The Morgan fingerprint density at radius 2 is 2.39 bits per heavy atom. The van der Waals surface area contributed by atoms with Gasteiger partial charge >= 0.3 is 0 Å². The lowest BCUT2D eigenvalue weighted by Gasteiger charge is -2.15. The third kappa shape index (κ3) is 4.16. The quantitative estimate of drug-likeness (QED) is 0.574. The van der Waals surface area contributed by atoms with Gasteiger partial charge in [0, 0.05) is 13.2 Å². The van der Waals surface area contributed by atoms with E-state index in [4.69, 9.17) is 17.0 Å². The van der Waals surface area contributed by atoms with Gasteiger partial charge in [-0.3, -0.25) is 10.9 Å². The third-order valence-electron chi connectivity index (χ3n) is 2.85. The number of hydrogen-bond acceptors (Lipinski definition) is 3. The topological polar surface area (TPSA) is 45.3 Å². The maximum absolute atomic E-state index is 5.51. The summed E-state index contributed by atoms with van der Waals surface area (Å²) < 4.78 is 5.51. The molecule has 1 aliphatic heterocycles. The molecule has 18 heavy (non-hydrogen) atoms. The second-order valence-electron chi connectivity index (χ2n) is 4.46. The number of ether oxygens (including phenoxy) is 1. The first-order valence-electron chi connectivity index (χ1n) is 6.22. The molecular formula is C13H19N3OS. The fourth-order valence-electron chi connectivity index (χ4n) is 1.91. The van der Waals surface area contributed by atoms with Crippen molar-refractivity contribution in [1.82, 2.24) is 10.7 Å². The molecule has 2 rings (SSSR count). The summed E-state index contributed by atoms with van der Waals surface area (Å²) in [4.78, 5) is 0. The highest BCUT2D eigenvalue weighted by atomic mass is 32.1. The smallest absolute Gasteiger partial charge is 0.185 e. The van der Waals surface area contributed by atoms with Gasteiger partial charge in [0.1, 0.15) is 0 Å². The zero-order valence-electron chi connectivity index (χ0n) is 10.5. The first-order valence-corrected chi connectivity index (χ1v) is 6.63. The van der Waals surface area contributed by atoms with Gasteiger partial charge in [-0.05, 0) is 49.7 Å². The molecule has 0 bridgehead atoms. The number of hydrazine groups is 1. The Balaban J connectivity index is 1.68. The van der Waals surface area contributed by atoms with Gasteiger partial charge in [0.2, 0.25) is 0 Å².